The van der Waals surface area contributed by atoms with E-state index in [-0.39, 0.29) is 17.9 Å². The van der Waals surface area contributed by atoms with E-state index in [1.54, 1.807) is 0 Å². The molecule has 1 fully saturated rings. The van der Waals surface area contributed by atoms with Crippen LogP contribution >= 0.6 is 0 Å². The summed E-state index contributed by atoms with van der Waals surface area (Å²) in [6.45, 7) is 5.17. The van der Waals surface area contributed by atoms with Gasteiger partial charge in [0.25, 0.3) is 11.8 Å². The number of unbranched alkanes of at least 4 members (excludes halogenated alkanes) is 1. The zero-order chi connectivity index (χ0) is 25.6. The molecule has 2 aromatic carbocycles. The Hall–Kier alpha value is -3.41. The summed E-state index contributed by atoms with van der Waals surface area (Å²) in [4.78, 5) is 36.1. The molecule has 0 atom stereocenters. The normalized spacial score (nSPS) is 15.7. The smallest absolute Gasteiger partial charge is 0.273 e. The molecular formula is C31H38N4O2. The number of fused-ring (bicyclic) bond motifs is 2. The Labute approximate surface area is 220 Å². The highest BCUT2D eigenvalue weighted by Crippen LogP contribution is 2.34. The highest BCUT2D eigenvalue weighted by Gasteiger charge is 2.37. The molecule has 0 bridgehead atoms. The molecule has 194 valence electrons. The molecule has 37 heavy (non-hydrogen) atoms. The van der Waals surface area contributed by atoms with Crippen molar-refractivity contribution in [1.82, 2.24) is 15.2 Å². The van der Waals surface area contributed by atoms with Gasteiger partial charge in [-0.3, -0.25) is 9.59 Å². The van der Waals surface area contributed by atoms with Gasteiger partial charge in [-0.05, 0) is 43.9 Å². The predicted octanol–water partition coefficient (Wildman–Crippen LogP) is 5.95. The molecule has 0 unspecified atom stereocenters. The van der Waals surface area contributed by atoms with Gasteiger partial charge < -0.3 is 15.1 Å². The third-order valence-corrected chi connectivity index (χ3v) is 7.82. The van der Waals surface area contributed by atoms with E-state index < -0.39 is 0 Å². The average molecular weight is 499 g/mol. The summed E-state index contributed by atoms with van der Waals surface area (Å²) in [5, 5.41) is 3.99. The third kappa shape index (κ3) is 5.48. The van der Waals surface area contributed by atoms with Gasteiger partial charge in [0.1, 0.15) is 5.69 Å². The number of hydrogen-bond donors (Lipinski definition) is 1. The molecule has 6 nitrogen and oxygen atoms in total. The molecule has 5 rings (SSSR count). The van der Waals surface area contributed by atoms with Gasteiger partial charge in [-0.25, -0.2) is 4.98 Å². The van der Waals surface area contributed by atoms with Crippen molar-refractivity contribution >= 4 is 28.4 Å². The highest BCUT2D eigenvalue weighted by molar-refractivity contribution is 6.11. The van der Waals surface area contributed by atoms with Gasteiger partial charge in [-0.2, -0.15) is 0 Å². The molecule has 0 saturated heterocycles. The van der Waals surface area contributed by atoms with Crippen molar-refractivity contribution in [2.45, 2.75) is 70.9 Å². The first-order chi connectivity index (χ1) is 18.2. The number of pyridine rings is 1. The Morgan fingerprint density at radius 3 is 2.51 bits per heavy atom. The van der Waals surface area contributed by atoms with E-state index in [2.05, 4.69) is 41.4 Å². The van der Waals surface area contributed by atoms with E-state index in [0.717, 1.165) is 69.0 Å². The van der Waals surface area contributed by atoms with Gasteiger partial charge in [0, 0.05) is 48.9 Å². The molecule has 1 saturated carbocycles. The lowest BCUT2D eigenvalue weighted by atomic mass is 9.94. The van der Waals surface area contributed by atoms with Crippen molar-refractivity contribution in [2.75, 3.05) is 24.5 Å². The monoisotopic (exact) mass is 498 g/mol. The van der Waals surface area contributed by atoms with Gasteiger partial charge in [0.15, 0.2) is 0 Å². The van der Waals surface area contributed by atoms with Crippen LogP contribution in [0.2, 0.25) is 0 Å². The van der Waals surface area contributed by atoms with Gasteiger partial charge in [-0.15, -0.1) is 0 Å². The van der Waals surface area contributed by atoms with Gasteiger partial charge in [0.2, 0.25) is 0 Å². The van der Waals surface area contributed by atoms with Crippen LogP contribution in [0.15, 0.2) is 54.6 Å². The predicted molar refractivity (Wildman–Crippen MR) is 149 cm³/mol. The molecule has 1 aliphatic carbocycles. The number of para-hydroxylation sites is 2. The summed E-state index contributed by atoms with van der Waals surface area (Å²) in [6.07, 6.45) is 8.77. The second kappa shape index (κ2) is 11.8. The quantitative estimate of drug-likeness (QED) is 0.351. The number of rotatable bonds is 10. The number of hydrogen-bond acceptors (Lipinski definition) is 4. The first-order valence-electron chi connectivity index (χ1n) is 14.0. The average Bonchev–Trinajstić information content (AvgIpc) is 3.27. The van der Waals surface area contributed by atoms with E-state index in [9.17, 15) is 9.59 Å². The van der Waals surface area contributed by atoms with Gasteiger partial charge in [0.05, 0.1) is 11.1 Å². The fraction of sp³-hybridized carbons (Fsp3) is 0.452. The lowest BCUT2D eigenvalue weighted by Crippen LogP contribution is -2.37. The maximum atomic E-state index is 13.6. The van der Waals surface area contributed by atoms with E-state index >= 15 is 0 Å². The number of nitrogens with one attached hydrogen (secondary N) is 1. The Kier molecular flexibility index (Phi) is 8.02. The molecule has 1 aliphatic heterocycles. The molecular weight excluding hydrogens is 460 g/mol. The van der Waals surface area contributed by atoms with E-state index in [1.807, 2.05) is 35.2 Å². The molecule has 2 aliphatic rings. The Bertz CT molecular complexity index is 1240. The van der Waals surface area contributed by atoms with Crippen LogP contribution in [0.25, 0.3) is 10.9 Å². The first-order valence-corrected chi connectivity index (χ1v) is 14.0. The molecule has 1 N–H and O–H groups in total. The summed E-state index contributed by atoms with van der Waals surface area (Å²) in [5.74, 6) is -0.121. The van der Waals surface area contributed by atoms with E-state index in [4.69, 9.17) is 4.98 Å². The summed E-state index contributed by atoms with van der Waals surface area (Å²) >= 11 is 0. The minimum Gasteiger partial charge on any atom is -0.371 e. The summed E-state index contributed by atoms with van der Waals surface area (Å²) in [7, 11) is 0. The second-order valence-corrected chi connectivity index (χ2v) is 10.3. The van der Waals surface area contributed by atoms with Crippen LogP contribution in [0.1, 0.15) is 84.7 Å². The molecule has 2 heterocycles. The fourth-order valence-electron chi connectivity index (χ4n) is 5.83. The van der Waals surface area contributed by atoms with Crippen LogP contribution in [0.3, 0.4) is 0 Å². The minimum absolute atomic E-state index is 0.0175. The number of anilines is 1. The summed E-state index contributed by atoms with van der Waals surface area (Å²) in [6, 6.07) is 18.4. The Morgan fingerprint density at radius 1 is 1.00 bits per heavy atom. The number of nitrogens with zero attached hydrogens (tertiary/aromatic N) is 3. The van der Waals surface area contributed by atoms with E-state index in [1.165, 1.54) is 12.1 Å². The molecule has 6 heteroatoms. The molecule has 2 amide bonds. The largest absolute Gasteiger partial charge is 0.371 e. The van der Waals surface area contributed by atoms with Crippen molar-refractivity contribution in [3.05, 3.63) is 71.4 Å². The molecule has 0 spiro atoms. The summed E-state index contributed by atoms with van der Waals surface area (Å²) < 4.78 is 0. The summed E-state index contributed by atoms with van der Waals surface area (Å²) in [5.41, 5.74) is 3.81. The van der Waals surface area contributed by atoms with Crippen molar-refractivity contribution in [2.24, 2.45) is 0 Å². The van der Waals surface area contributed by atoms with Crippen molar-refractivity contribution in [3.63, 3.8) is 0 Å². The zero-order valence-electron chi connectivity index (χ0n) is 21.9. The Morgan fingerprint density at radius 2 is 1.73 bits per heavy atom. The topological polar surface area (TPSA) is 65.5 Å². The lowest BCUT2D eigenvalue weighted by Gasteiger charge is -2.30. The van der Waals surface area contributed by atoms with Crippen LogP contribution in [-0.4, -0.2) is 47.4 Å². The highest BCUT2D eigenvalue weighted by atomic mass is 16.2. The maximum Gasteiger partial charge on any atom is 0.273 e. The van der Waals surface area contributed by atoms with Crippen molar-refractivity contribution in [1.29, 1.82) is 0 Å². The van der Waals surface area contributed by atoms with Crippen LogP contribution in [0.4, 0.5) is 5.69 Å². The lowest BCUT2D eigenvalue weighted by molar-refractivity contribution is 0.0655. The second-order valence-electron chi connectivity index (χ2n) is 10.3. The van der Waals surface area contributed by atoms with Gasteiger partial charge in [-0.1, -0.05) is 69.0 Å². The minimum atomic E-state index is -0.104. The molecule has 0 radical (unpaired) electrons. The zero-order valence-corrected chi connectivity index (χ0v) is 21.9. The maximum absolute atomic E-state index is 13.6. The number of carbonyl (C=O) groups is 2. The van der Waals surface area contributed by atoms with Gasteiger partial charge >= 0.3 is 0 Å². The number of aromatic nitrogens is 1. The Balaban J connectivity index is 1.31. The SMILES string of the molecule is CCCCN(CCCNC(=O)c1c2c(nc3ccccc13)C(=O)N(C1CCCCC1)C2)c1ccccc1. The van der Waals surface area contributed by atoms with Crippen molar-refractivity contribution in [3.8, 4) is 0 Å². The number of benzene rings is 2. The molecule has 3 aromatic rings. The van der Waals surface area contributed by atoms with Crippen LogP contribution < -0.4 is 10.2 Å². The van der Waals surface area contributed by atoms with Crippen LogP contribution in [-0.2, 0) is 6.54 Å². The number of amides is 2. The van der Waals surface area contributed by atoms with Crippen molar-refractivity contribution < 1.29 is 9.59 Å². The standard InChI is InChI=1S/C31H38N4O2/c1-2-3-20-34(23-13-6-4-7-14-23)21-12-19-32-30(36)28-25-17-10-11-18-27(25)33-29-26(28)22-35(31(29)37)24-15-8-5-9-16-24/h4,6-7,10-11,13-14,17-18,24H,2-3,5,8-9,12,15-16,19-22H2,1H3,(H,32,36). The first kappa shape index (κ1) is 25.2. The third-order valence-electron chi connectivity index (χ3n) is 7.82. The van der Waals surface area contributed by atoms with Crippen LogP contribution in [0, 0.1) is 0 Å². The van der Waals surface area contributed by atoms with Crippen LogP contribution in [0.5, 0.6) is 0 Å². The fourth-order valence-corrected chi connectivity index (χ4v) is 5.83. The van der Waals surface area contributed by atoms with E-state index in [0.29, 0.717) is 29.9 Å². The molecule has 1 aromatic heterocycles. The number of carbonyl (C=O) groups excluding carboxylic acids is 2.